The number of nitroso groups, excluding NO2 is 1. The van der Waals surface area contributed by atoms with Crippen molar-refractivity contribution in [3.63, 3.8) is 0 Å². The third-order valence-electron chi connectivity index (χ3n) is 0. The third kappa shape index (κ3) is 10.6. The molecular formula is CH4KNO. The van der Waals surface area contributed by atoms with Crippen molar-refractivity contribution in [2.75, 3.05) is 7.05 Å². The van der Waals surface area contributed by atoms with E-state index in [0.717, 1.165) is 0 Å². The first-order valence-electron chi connectivity index (χ1n) is 0.630. The SMILES string of the molecule is CN=O.[KH]. The molecule has 0 fully saturated rings. The molecule has 0 bridgehead atoms. The van der Waals surface area contributed by atoms with Crippen LogP contribution in [-0.4, -0.2) is 58.4 Å². The van der Waals surface area contributed by atoms with Gasteiger partial charge in [-0.05, 0) is 0 Å². The van der Waals surface area contributed by atoms with E-state index in [1.807, 2.05) is 0 Å². The second kappa shape index (κ2) is 8.87. The Labute approximate surface area is 67.4 Å². The van der Waals surface area contributed by atoms with Crippen LogP contribution in [0.5, 0.6) is 0 Å². The van der Waals surface area contributed by atoms with E-state index in [2.05, 4.69) is 5.18 Å². The van der Waals surface area contributed by atoms with Gasteiger partial charge in [-0.2, -0.15) is 4.91 Å². The van der Waals surface area contributed by atoms with Gasteiger partial charge in [-0.15, -0.1) is 0 Å². The van der Waals surface area contributed by atoms with E-state index in [-0.39, 0.29) is 51.4 Å². The van der Waals surface area contributed by atoms with Gasteiger partial charge >= 0.3 is 51.4 Å². The van der Waals surface area contributed by atoms with E-state index in [0.29, 0.717) is 0 Å². The monoisotopic (exact) mass is 85.0 g/mol. The van der Waals surface area contributed by atoms with Crippen LogP contribution in [0.4, 0.5) is 0 Å². The van der Waals surface area contributed by atoms with Crippen LogP contribution in [0.15, 0.2) is 5.18 Å². The van der Waals surface area contributed by atoms with Gasteiger partial charge in [-0.3, -0.25) is 0 Å². The molecule has 0 atom stereocenters. The van der Waals surface area contributed by atoms with Crippen LogP contribution in [0.1, 0.15) is 0 Å². The molecule has 20 valence electrons. The van der Waals surface area contributed by atoms with Crippen LogP contribution >= 0.6 is 0 Å². The molecule has 0 heterocycles. The molecule has 3 heteroatoms. The average Bonchev–Trinajstić information content (AvgIpc) is 0.918. The van der Waals surface area contributed by atoms with Crippen molar-refractivity contribution in [3.05, 3.63) is 4.91 Å². The van der Waals surface area contributed by atoms with E-state index in [9.17, 15) is 0 Å². The Morgan fingerprint density at radius 2 is 1.75 bits per heavy atom. The number of nitrogens with zero attached hydrogens (tertiary/aromatic N) is 1. The molecule has 0 aromatic heterocycles. The summed E-state index contributed by atoms with van der Waals surface area (Å²) in [5, 5.41) is 2.25. The van der Waals surface area contributed by atoms with Gasteiger partial charge in [-0.1, -0.05) is 5.18 Å². The van der Waals surface area contributed by atoms with Crippen LogP contribution in [0.25, 0.3) is 0 Å². The van der Waals surface area contributed by atoms with Crippen molar-refractivity contribution in [3.8, 4) is 0 Å². The number of hydrogen-bond donors (Lipinski definition) is 0. The Balaban J connectivity index is 0. The molecular weight excluding hydrogens is 81.1 g/mol. The summed E-state index contributed by atoms with van der Waals surface area (Å²) >= 11 is 0. The van der Waals surface area contributed by atoms with Crippen molar-refractivity contribution in [2.45, 2.75) is 0 Å². The van der Waals surface area contributed by atoms with Crippen molar-refractivity contribution in [1.29, 1.82) is 0 Å². The third-order valence-corrected chi connectivity index (χ3v) is 0. The van der Waals surface area contributed by atoms with E-state index in [4.69, 9.17) is 4.91 Å². The van der Waals surface area contributed by atoms with Crippen molar-refractivity contribution in [1.82, 2.24) is 0 Å². The topological polar surface area (TPSA) is 29.4 Å². The van der Waals surface area contributed by atoms with Crippen molar-refractivity contribution >= 4 is 51.4 Å². The van der Waals surface area contributed by atoms with E-state index >= 15 is 0 Å². The first kappa shape index (κ1) is 8.97. The van der Waals surface area contributed by atoms with Crippen molar-refractivity contribution < 1.29 is 0 Å². The molecule has 0 N–H and O–H groups in total. The predicted octanol–water partition coefficient (Wildman–Crippen LogP) is -0.266. The molecule has 0 aromatic rings. The quantitative estimate of drug-likeness (QED) is 0.294. The summed E-state index contributed by atoms with van der Waals surface area (Å²) < 4.78 is 0. The summed E-state index contributed by atoms with van der Waals surface area (Å²) in [6, 6.07) is 0. The molecule has 0 radical (unpaired) electrons. The Morgan fingerprint density at radius 3 is 1.75 bits per heavy atom. The van der Waals surface area contributed by atoms with Gasteiger partial charge in [0.2, 0.25) is 0 Å². The minimum atomic E-state index is 0. The molecule has 0 unspecified atom stereocenters. The summed E-state index contributed by atoms with van der Waals surface area (Å²) in [6.45, 7) is 0. The molecule has 0 rings (SSSR count). The van der Waals surface area contributed by atoms with Gasteiger partial charge in [0.25, 0.3) is 0 Å². The number of hydrogen-bond acceptors (Lipinski definition) is 2. The molecule has 0 aromatic carbocycles. The zero-order chi connectivity index (χ0) is 2.71. The van der Waals surface area contributed by atoms with E-state index in [1.165, 1.54) is 7.05 Å². The predicted molar refractivity (Wildman–Crippen MR) is 18.9 cm³/mol. The second-order valence-corrected chi connectivity index (χ2v) is 0.183. The Hall–Kier alpha value is 1.24. The van der Waals surface area contributed by atoms with Gasteiger partial charge in [0.15, 0.2) is 0 Å². The van der Waals surface area contributed by atoms with Crippen LogP contribution in [0, 0.1) is 4.91 Å². The summed E-state index contributed by atoms with van der Waals surface area (Å²) in [6.07, 6.45) is 0. The van der Waals surface area contributed by atoms with Crippen LogP contribution in [-0.2, 0) is 0 Å². The summed E-state index contributed by atoms with van der Waals surface area (Å²) in [5.74, 6) is 0. The van der Waals surface area contributed by atoms with E-state index in [1.54, 1.807) is 0 Å². The molecule has 0 saturated heterocycles. The fourth-order valence-electron chi connectivity index (χ4n) is 0. The summed E-state index contributed by atoms with van der Waals surface area (Å²) in [4.78, 5) is 8.56. The molecule has 0 aliphatic heterocycles. The maximum absolute atomic E-state index is 8.56. The first-order valence-corrected chi connectivity index (χ1v) is 0.630. The minimum absolute atomic E-state index is 0. The number of rotatable bonds is 0. The standard InChI is InChI=1S/CH3NO.K.H/c1-2-3;;/h1H3;;. The normalized spacial score (nSPS) is 3.25. The Bertz CT molecular complexity index is 15.5. The zero-order valence-electron chi connectivity index (χ0n) is 1.86. The molecule has 4 heavy (non-hydrogen) atoms. The van der Waals surface area contributed by atoms with Gasteiger partial charge in [0.1, 0.15) is 0 Å². The zero-order valence-corrected chi connectivity index (χ0v) is 1.86. The van der Waals surface area contributed by atoms with Gasteiger partial charge in [0.05, 0.1) is 7.05 Å². The fourth-order valence-corrected chi connectivity index (χ4v) is 0. The molecule has 0 aliphatic rings. The van der Waals surface area contributed by atoms with E-state index < -0.39 is 0 Å². The van der Waals surface area contributed by atoms with Gasteiger partial charge < -0.3 is 0 Å². The summed E-state index contributed by atoms with van der Waals surface area (Å²) in [5.41, 5.74) is 0. The molecule has 0 saturated carbocycles. The van der Waals surface area contributed by atoms with Crippen LogP contribution in [0.3, 0.4) is 0 Å². The second-order valence-electron chi connectivity index (χ2n) is 0.183. The van der Waals surface area contributed by atoms with Crippen LogP contribution in [0.2, 0.25) is 0 Å². The molecule has 0 aliphatic carbocycles. The van der Waals surface area contributed by atoms with Crippen molar-refractivity contribution in [2.24, 2.45) is 5.18 Å². The molecule has 0 spiro atoms. The fraction of sp³-hybridized carbons (Fsp3) is 1.00. The Morgan fingerprint density at radius 1 is 1.75 bits per heavy atom. The maximum atomic E-state index is 8.56. The van der Waals surface area contributed by atoms with Gasteiger partial charge in [-0.25, -0.2) is 0 Å². The molecule has 0 amide bonds. The first-order chi connectivity index (χ1) is 1.41. The Kier molecular flexibility index (Phi) is 19.9. The average molecular weight is 85.1 g/mol. The van der Waals surface area contributed by atoms with Crippen LogP contribution < -0.4 is 0 Å². The van der Waals surface area contributed by atoms with Gasteiger partial charge in [0, 0.05) is 0 Å². The summed E-state index contributed by atoms with van der Waals surface area (Å²) in [7, 11) is 1.19. The molecule has 2 nitrogen and oxygen atoms in total.